The van der Waals surface area contributed by atoms with Gasteiger partial charge in [-0.1, -0.05) is 29.7 Å². The van der Waals surface area contributed by atoms with Crippen molar-refractivity contribution < 1.29 is 13.6 Å². The van der Waals surface area contributed by atoms with Crippen LogP contribution in [0.25, 0.3) is 0 Å². The standard InChI is InChI=1S/C22H19BF2N4O/c1-13(15-3-6-18(24)7-4-15)29-22(30)19-8-14(10-26)11-27-21(19)28-12-16-2-5-17(23)9-20(16)25/h2-9,11,13H,12,23H2,1H3,(H,27,28)(H,29,30)/t13-/m0/s1. The molecular formula is C22H19BF2N4O. The molecule has 0 bridgehead atoms. The average Bonchev–Trinajstić information content (AvgIpc) is 2.73. The summed E-state index contributed by atoms with van der Waals surface area (Å²) in [4.78, 5) is 17.0. The van der Waals surface area contributed by atoms with Crippen molar-refractivity contribution in [3.05, 3.63) is 88.6 Å². The largest absolute Gasteiger partial charge is 0.365 e. The number of benzene rings is 2. The summed E-state index contributed by atoms with van der Waals surface area (Å²) in [7, 11) is 1.80. The molecule has 3 rings (SSSR count). The van der Waals surface area contributed by atoms with Crippen LogP contribution in [0.3, 0.4) is 0 Å². The highest BCUT2D eigenvalue weighted by molar-refractivity contribution is 6.32. The Kier molecular flexibility index (Phi) is 6.43. The molecule has 0 aliphatic carbocycles. The molecule has 1 atom stereocenters. The van der Waals surface area contributed by atoms with Gasteiger partial charge in [-0.3, -0.25) is 4.79 Å². The quantitative estimate of drug-likeness (QED) is 0.620. The molecule has 2 N–H and O–H groups in total. The maximum absolute atomic E-state index is 14.1. The highest BCUT2D eigenvalue weighted by Gasteiger charge is 2.17. The second-order valence-corrected chi connectivity index (χ2v) is 6.93. The Labute approximate surface area is 174 Å². The van der Waals surface area contributed by atoms with Crippen LogP contribution in [0.5, 0.6) is 0 Å². The fraction of sp³-hybridized carbons (Fsp3) is 0.136. The van der Waals surface area contributed by atoms with Crippen molar-refractivity contribution in [3.63, 3.8) is 0 Å². The topological polar surface area (TPSA) is 77.8 Å². The number of carbonyl (C=O) groups excluding carboxylic acids is 1. The zero-order chi connectivity index (χ0) is 21.7. The van der Waals surface area contributed by atoms with Crippen LogP contribution >= 0.6 is 0 Å². The van der Waals surface area contributed by atoms with Gasteiger partial charge in [0.05, 0.1) is 17.2 Å². The SMILES string of the molecule is Bc1ccc(CNc2ncc(C#N)cc2C(=O)N[C@@H](C)c2ccc(F)cc2)c(F)c1. The molecule has 1 aromatic heterocycles. The van der Waals surface area contributed by atoms with Crippen molar-refractivity contribution in [1.82, 2.24) is 10.3 Å². The number of halogens is 2. The predicted octanol–water partition coefficient (Wildman–Crippen LogP) is 2.59. The van der Waals surface area contributed by atoms with E-state index in [-0.39, 0.29) is 35.1 Å². The fourth-order valence-corrected chi connectivity index (χ4v) is 2.92. The number of rotatable bonds is 6. The summed E-state index contributed by atoms with van der Waals surface area (Å²) in [5.41, 5.74) is 2.35. The molecule has 0 fully saturated rings. The molecule has 0 aliphatic heterocycles. The average molecular weight is 404 g/mol. The fourth-order valence-electron chi connectivity index (χ4n) is 2.92. The lowest BCUT2D eigenvalue weighted by Crippen LogP contribution is -2.28. The van der Waals surface area contributed by atoms with Crippen molar-refractivity contribution in [1.29, 1.82) is 5.26 Å². The molecule has 5 nitrogen and oxygen atoms in total. The first-order valence-electron chi connectivity index (χ1n) is 9.32. The molecule has 0 spiro atoms. The normalized spacial score (nSPS) is 11.4. The van der Waals surface area contributed by atoms with Gasteiger partial charge in [-0.25, -0.2) is 13.8 Å². The number of amides is 1. The van der Waals surface area contributed by atoms with Crippen LogP contribution in [0.1, 0.15) is 40.0 Å². The van der Waals surface area contributed by atoms with E-state index in [4.69, 9.17) is 5.26 Å². The smallest absolute Gasteiger partial charge is 0.255 e. The summed E-state index contributed by atoms with van der Waals surface area (Å²) in [6.07, 6.45) is 1.34. The van der Waals surface area contributed by atoms with Crippen LogP contribution in [0.2, 0.25) is 0 Å². The summed E-state index contributed by atoms with van der Waals surface area (Å²) in [5.74, 6) is -0.939. The number of nitrogens with zero attached hydrogens (tertiary/aromatic N) is 2. The maximum atomic E-state index is 14.1. The Hall–Kier alpha value is -3.73. The Balaban J connectivity index is 1.80. The van der Waals surface area contributed by atoms with Gasteiger partial charge in [0, 0.05) is 18.3 Å². The number of aromatic nitrogens is 1. The summed E-state index contributed by atoms with van der Waals surface area (Å²) < 4.78 is 27.2. The minimum absolute atomic E-state index is 0.124. The number of hydrogen-bond donors (Lipinski definition) is 2. The van der Waals surface area contributed by atoms with Gasteiger partial charge in [-0.05, 0) is 36.8 Å². The van der Waals surface area contributed by atoms with Gasteiger partial charge in [0.15, 0.2) is 0 Å². The Morgan fingerprint density at radius 3 is 2.60 bits per heavy atom. The molecule has 8 heteroatoms. The predicted molar refractivity (Wildman–Crippen MR) is 113 cm³/mol. The first-order valence-corrected chi connectivity index (χ1v) is 9.32. The monoisotopic (exact) mass is 404 g/mol. The van der Waals surface area contributed by atoms with E-state index in [9.17, 15) is 13.6 Å². The van der Waals surface area contributed by atoms with Crippen LogP contribution in [0, 0.1) is 23.0 Å². The Morgan fingerprint density at radius 1 is 1.20 bits per heavy atom. The third-order valence-corrected chi connectivity index (χ3v) is 4.63. The minimum atomic E-state index is -0.455. The third-order valence-electron chi connectivity index (χ3n) is 4.63. The molecule has 3 aromatic rings. The second-order valence-electron chi connectivity index (χ2n) is 6.93. The third kappa shape index (κ3) is 5.00. The molecule has 2 aromatic carbocycles. The van der Waals surface area contributed by atoms with E-state index in [2.05, 4.69) is 15.6 Å². The second kappa shape index (κ2) is 9.18. The van der Waals surface area contributed by atoms with Gasteiger partial charge in [0.1, 0.15) is 31.4 Å². The van der Waals surface area contributed by atoms with E-state index in [0.29, 0.717) is 5.56 Å². The van der Waals surface area contributed by atoms with Crippen LogP contribution in [-0.4, -0.2) is 18.7 Å². The van der Waals surface area contributed by atoms with Crippen LogP contribution in [-0.2, 0) is 6.54 Å². The summed E-state index contributed by atoms with van der Waals surface area (Å²) in [6.45, 7) is 1.89. The highest BCUT2D eigenvalue weighted by atomic mass is 19.1. The van der Waals surface area contributed by atoms with Crippen molar-refractivity contribution >= 4 is 25.0 Å². The molecule has 0 saturated heterocycles. The van der Waals surface area contributed by atoms with E-state index in [0.717, 1.165) is 11.0 Å². The summed E-state index contributed by atoms with van der Waals surface area (Å²) >= 11 is 0. The molecule has 0 radical (unpaired) electrons. The van der Waals surface area contributed by atoms with Gasteiger partial charge < -0.3 is 10.6 Å². The number of pyridine rings is 1. The van der Waals surface area contributed by atoms with Gasteiger partial charge in [-0.2, -0.15) is 5.26 Å². The Morgan fingerprint density at radius 2 is 1.93 bits per heavy atom. The van der Waals surface area contributed by atoms with Gasteiger partial charge in [-0.15, -0.1) is 0 Å². The lowest BCUT2D eigenvalue weighted by molar-refractivity contribution is 0.0940. The lowest BCUT2D eigenvalue weighted by atomic mass is 9.95. The summed E-state index contributed by atoms with van der Waals surface area (Å²) in [5, 5.41) is 15.0. The molecule has 150 valence electrons. The van der Waals surface area contributed by atoms with Crippen molar-refractivity contribution in [3.8, 4) is 6.07 Å². The number of nitriles is 1. The van der Waals surface area contributed by atoms with E-state index in [1.807, 2.05) is 6.07 Å². The van der Waals surface area contributed by atoms with Crippen molar-refractivity contribution in [2.75, 3.05) is 5.32 Å². The number of anilines is 1. The molecule has 30 heavy (non-hydrogen) atoms. The first-order chi connectivity index (χ1) is 14.4. The van der Waals surface area contributed by atoms with Crippen molar-refractivity contribution in [2.24, 2.45) is 0 Å². The molecular weight excluding hydrogens is 385 g/mol. The van der Waals surface area contributed by atoms with E-state index in [1.165, 1.54) is 30.5 Å². The van der Waals surface area contributed by atoms with Crippen LogP contribution in [0.15, 0.2) is 54.7 Å². The Bertz CT molecular complexity index is 1110. The minimum Gasteiger partial charge on any atom is -0.365 e. The lowest BCUT2D eigenvalue weighted by Gasteiger charge is -2.17. The van der Waals surface area contributed by atoms with Gasteiger partial charge in [0.25, 0.3) is 5.91 Å². The zero-order valence-electron chi connectivity index (χ0n) is 16.5. The highest BCUT2D eigenvalue weighted by Crippen LogP contribution is 2.19. The molecule has 0 aliphatic rings. The molecule has 0 unspecified atom stereocenters. The van der Waals surface area contributed by atoms with Gasteiger partial charge in [0.2, 0.25) is 0 Å². The number of carbonyl (C=O) groups is 1. The molecule has 1 heterocycles. The summed E-state index contributed by atoms with van der Waals surface area (Å²) in [6, 6.07) is 13.7. The van der Waals surface area contributed by atoms with Crippen molar-refractivity contribution in [2.45, 2.75) is 19.5 Å². The van der Waals surface area contributed by atoms with E-state index < -0.39 is 11.9 Å². The number of nitrogens with one attached hydrogen (secondary N) is 2. The number of hydrogen-bond acceptors (Lipinski definition) is 4. The first kappa shape index (κ1) is 21.0. The van der Waals surface area contributed by atoms with Gasteiger partial charge >= 0.3 is 0 Å². The maximum Gasteiger partial charge on any atom is 0.255 e. The van der Waals surface area contributed by atoms with Crippen LogP contribution < -0.4 is 16.1 Å². The van der Waals surface area contributed by atoms with E-state index >= 15 is 0 Å². The molecule has 1 amide bonds. The van der Waals surface area contributed by atoms with Crippen LogP contribution in [0.4, 0.5) is 14.6 Å². The molecule has 0 saturated carbocycles. The zero-order valence-corrected chi connectivity index (χ0v) is 16.5. The van der Waals surface area contributed by atoms with E-state index in [1.54, 1.807) is 39.0 Å².